The van der Waals surface area contributed by atoms with Crippen molar-refractivity contribution in [1.29, 1.82) is 0 Å². The molecule has 0 saturated heterocycles. The van der Waals surface area contributed by atoms with Gasteiger partial charge in [-0.2, -0.15) is 0 Å². The molecule has 1 aromatic carbocycles. The number of alkyl halides is 1. The van der Waals surface area contributed by atoms with Gasteiger partial charge in [-0.3, -0.25) is 0 Å². The molecule has 1 atom stereocenters. The van der Waals surface area contributed by atoms with Crippen molar-refractivity contribution in [3.05, 3.63) is 29.3 Å². The molecule has 0 aliphatic carbocycles. The molecule has 14 heavy (non-hydrogen) atoms. The van der Waals surface area contributed by atoms with E-state index in [0.29, 0.717) is 0 Å². The fraction of sp³-hybridized carbons (Fsp3) is 0.455. The second-order valence-corrected chi connectivity index (χ2v) is 3.65. The van der Waals surface area contributed by atoms with Gasteiger partial charge in [0.15, 0.2) is 0 Å². The van der Waals surface area contributed by atoms with Crippen molar-refractivity contribution >= 4 is 11.6 Å². The maximum absolute atomic E-state index is 9.24. The number of ether oxygens (including phenoxy) is 1. The van der Waals surface area contributed by atoms with E-state index in [1.165, 1.54) is 0 Å². The van der Waals surface area contributed by atoms with Gasteiger partial charge in [0.2, 0.25) is 0 Å². The summed E-state index contributed by atoms with van der Waals surface area (Å²) in [5.41, 5.74) is 2.15. The lowest BCUT2D eigenvalue weighted by atomic mass is 10.1. The highest BCUT2D eigenvalue weighted by atomic mass is 35.5. The number of benzene rings is 1. The van der Waals surface area contributed by atoms with E-state index in [4.69, 9.17) is 16.3 Å². The number of aliphatic hydroxyl groups excluding tert-OH is 1. The van der Waals surface area contributed by atoms with Gasteiger partial charge in [0.25, 0.3) is 0 Å². The van der Waals surface area contributed by atoms with Gasteiger partial charge in [0, 0.05) is 0 Å². The number of hydrogen-bond acceptors (Lipinski definition) is 2. The maximum atomic E-state index is 9.24. The second kappa shape index (κ2) is 5.23. The van der Waals surface area contributed by atoms with Crippen molar-refractivity contribution < 1.29 is 9.84 Å². The van der Waals surface area contributed by atoms with Crippen molar-refractivity contribution in [1.82, 2.24) is 0 Å². The number of hydrogen-bond donors (Lipinski definition) is 1. The van der Waals surface area contributed by atoms with Gasteiger partial charge >= 0.3 is 0 Å². The molecule has 3 heteroatoms. The molecule has 0 aliphatic heterocycles. The Bertz CT molecular complexity index is 279. The zero-order valence-electron chi connectivity index (χ0n) is 8.46. The fourth-order valence-corrected chi connectivity index (χ4v) is 1.34. The highest BCUT2D eigenvalue weighted by Crippen LogP contribution is 2.22. The maximum Gasteiger partial charge on any atom is 0.125 e. The molecular weight excluding hydrogens is 200 g/mol. The van der Waals surface area contributed by atoms with E-state index in [1.54, 1.807) is 0 Å². The molecular formula is C11H15ClO2. The van der Waals surface area contributed by atoms with E-state index in [0.717, 1.165) is 16.9 Å². The third-order valence-corrected chi connectivity index (χ3v) is 2.36. The van der Waals surface area contributed by atoms with E-state index in [1.807, 2.05) is 32.0 Å². The Hall–Kier alpha value is -0.730. The molecule has 0 saturated carbocycles. The molecule has 0 radical (unpaired) electrons. The third kappa shape index (κ3) is 2.89. The van der Waals surface area contributed by atoms with Gasteiger partial charge in [-0.25, -0.2) is 0 Å². The minimum Gasteiger partial charge on any atom is -0.490 e. The second-order valence-electron chi connectivity index (χ2n) is 3.34. The summed E-state index contributed by atoms with van der Waals surface area (Å²) < 4.78 is 5.49. The summed E-state index contributed by atoms with van der Waals surface area (Å²) in [6, 6.07) is 5.94. The predicted molar refractivity (Wildman–Crippen MR) is 58.1 cm³/mol. The highest BCUT2D eigenvalue weighted by molar-refractivity contribution is 6.18. The fourth-order valence-electron chi connectivity index (χ4n) is 1.25. The summed E-state index contributed by atoms with van der Waals surface area (Å²) in [7, 11) is 0. The quantitative estimate of drug-likeness (QED) is 0.780. The Morgan fingerprint density at radius 2 is 1.93 bits per heavy atom. The van der Waals surface area contributed by atoms with E-state index in [9.17, 15) is 5.11 Å². The van der Waals surface area contributed by atoms with Crippen LogP contribution in [0.3, 0.4) is 0 Å². The smallest absolute Gasteiger partial charge is 0.125 e. The van der Waals surface area contributed by atoms with Crippen LogP contribution in [0.1, 0.15) is 11.1 Å². The normalized spacial score (nSPS) is 12.6. The molecule has 1 N–H and O–H groups in total. The first kappa shape index (κ1) is 11.3. The SMILES string of the molecule is Cc1cccc(C)c1OCC(O)CCl. The molecule has 78 valence electrons. The van der Waals surface area contributed by atoms with E-state index in [2.05, 4.69) is 0 Å². The Labute approximate surface area is 89.5 Å². The standard InChI is InChI=1S/C11H15ClO2/c1-8-4-3-5-9(2)11(8)14-7-10(13)6-12/h3-5,10,13H,6-7H2,1-2H3. The number of halogens is 1. The molecule has 0 heterocycles. The Kier molecular flexibility index (Phi) is 4.23. The Morgan fingerprint density at radius 3 is 2.43 bits per heavy atom. The largest absolute Gasteiger partial charge is 0.490 e. The van der Waals surface area contributed by atoms with Crippen molar-refractivity contribution in [2.24, 2.45) is 0 Å². The van der Waals surface area contributed by atoms with Crippen molar-refractivity contribution in [3.8, 4) is 5.75 Å². The zero-order valence-corrected chi connectivity index (χ0v) is 9.21. The monoisotopic (exact) mass is 214 g/mol. The van der Waals surface area contributed by atoms with Crippen LogP contribution in [-0.2, 0) is 0 Å². The van der Waals surface area contributed by atoms with Gasteiger partial charge in [-0.1, -0.05) is 18.2 Å². The average Bonchev–Trinajstić information content (AvgIpc) is 2.16. The average molecular weight is 215 g/mol. The summed E-state index contributed by atoms with van der Waals surface area (Å²) in [6.07, 6.45) is -0.601. The first-order valence-electron chi connectivity index (χ1n) is 4.58. The number of aryl methyl sites for hydroxylation is 2. The van der Waals surface area contributed by atoms with Crippen molar-refractivity contribution in [2.45, 2.75) is 20.0 Å². The van der Waals surface area contributed by atoms with Gasteiger partial charge in [0.1, 0.15) is 18.5 Å². The minimum absolute atomic E-state index is 0.199. The van der Waals surface area contributed by atoms with Crippen molar-refractivity contribution in [2.75, 3.05) is 12.5 Å². The van der Waals surface area contributed by atoms with Crippen LogP contribution < -0.4 is 4.74 Å². The van der Waals surface area contributed by atoms with Crippen LogP contribution in [0.4, 0.5) is 0 Å². The number of rotatable bonds is 4. The van der Waals surface area contributed by atoms with E-state index >= 15 is 0 Å². The first-order valence-corrected chi connectivity index (χ1v) is 5.11. The molecule has 0 fully saturated rings. The topological polar surface area (TPSA) is 29.5 Å². The predicted octanol–water partition coefficient (Wildman–Crippen LogP) is 2.28. The first-order chi connectivity index (χ1) is 6.65. The third-order valence-electron chi connectivity index (χ3n) is 2.01. The van der Waals surface area contributed by atoms with Crippen LogP contribution in [0.15, 0.2) is 18.2 Å². The van der Waals surface area contributed by atoms with Gasteiger partial charge in [0.05, 0.1) is 5.88 Å². The van der Waals surface area contributed by atoms with Crippen LogP contribution in [0.5, 0.6) is 5.75 Å². The van der Waals surface area contributed by atoms with Crippen LogP contribution in [0.25, 0.3) is 0 Å². The molecule has 2 nitrogen and oxygen atoms in total. The van der Waals surface area contributed by atoms with Crippen LogP contribution in [-0.4, -0.2) is 23.7 Å². The summed E-state index contributed by atoms with van der Waals surface area (Å²) in [6.45, 7) is 4.21. The molecule has 0 aliphatic rings. The Balaban J connectivity index is 2.66. The minimum atomic E-state index is -0.601. The highest BCUT2D eigenvalue weighted by Gasteiger charge is 2.06. The molecule has 0 bridgehead atoms. The van der Waals surface area contributed by atoms with Crippen molar-refractivity contribution in [3.63, 3.8) is 0 Å². The molecule has 1 aromatic rings. The summed E-state index contributed by atoms with van der Waals surface area (Å²) in [5, 5.41) is 9.24. The van der Waals surface area contributed by atoms with Gasteiger partial charge < -0.3 is 9.84 Å². The lowest BCUT2D eigenvalue weighted by molar-refractivity contribution is 0.124. The molecule has 0 aromatic heterocycles. The molecule has 0 spiro atoms. The van der Waals surface area contributed by atoms with Gasteiger partial charge in [-0.15, -0.1) is 11.6 Å². The lowest BCUT2D eigenvalue weighted by Crippen LogP contribution is -2.19. The lowest BCUT2D eigenvalue weighted by Gasteiger charge is -2.13. The molecule has 0 amide bonds. The molecule has 1 rings (SSSR count). The zero-order chi connectivity index (χ0) is 10.6. The number of aliphatic hydroxyl groups is 1. The van der Waals surface area contributed by atoms with Crippen LogP contribution >= 0.6 is 11.6 Å². The summed E-state index contributed by atoms with van der Waals surface area (Å²) in [4.78, 5) is 0. The summed E-state index contributed by atoms with van der Waals surface area (Å²) >= 11 is 5.47. The number of para-hydroxylation sites is 1. The van der Waals surface area contributed by atoms with E-state index < -0.39 is 6.10 Å². The summed E-state index contributed by atoms with van der Waals surface area (Å²) in [5.74, 6) is 1.04. The Morgan fingerprint density at radius 1 is 1.36 bits per heavy atom. The van der Waals surface area contributed by atoms with Crippen LogP contribution in [0, 0.1) is 13.8 Å². The molecule has 1 unspecified atom stereocenters. The van der Waals surface area contributed by atoms with Gasteiger partial charge in [-0.05, 0) is 25.0 Å². The van der Waals surface area contributed by atoms with E-state index in [-0.39, 0.29) is 12.5 Å². The van der Waals surface area contributed by atoms with Crippen LogP contribution in [0.2, 0.25) is 0 Å².